The molecule has 0 amide bonds. The van der Waals surface area contributed by atoms with Gasteiger partial charge in [0.2, 0.25) is 0 Å². The molecule has 0 unspecified atom stereocenters. The van der Waals surface area contributed by atoms with Crippen molar-refractivity contribution in [3.8, 4) is 0 Å². The van der Waals surface area contributed by atoms with Gasteiger partial charge >= 0.3 is 5.97 Å². The summed E-state index contributed by atoms with van der Waals surface area (Å²) in [5, 5.41) is -0.0197. The molecule has 112 valence electrons. The second-order valence-electron chi connectivity index (χ2n) is 4.82. The largest absolute Gasteiger partial charge is 0.465 e. The predicted octanol–water partition coefficient (Wildman–Crippen LogP) is 0.445. The van der Waals surface area contributed by atoms with Gasteiger partial charge in [-0.15, -0.1) is 0 Å². The van der Waals surface area contributed by atoms with Crippen molar-refractivity contribution in [3.05, 3.63) is 12.0 Å². The number of sulfonamides is 1. The fourth-order valence-corrected chi connectivity index (χ4v) is 3.54. The zero-order valence-corrected chi connectivity index (χ0v) is 12.7. The van der Waals surface area contributed by atoms with Gasteiger partial charge in [0, 0.05) is 19.3 Å². The quantitative estimate of drug-likeness (QED) is 0.712. The summed E-state index contributed by atoms with van der Waals surface area (Å²) in [5.74, 6) is 0.0751. The predicted molar refractivity (Wildman–Crippen MR) is 71.5 cm³/mol. The standard InChI is InChI=1S/C12H19N3O4S/c1-4-19-12(16)8-15(10-5-6-10)20(17,18)11-7-14(3)9(2)13-11/h7,10H,4-6,8H2,1-3H3. The van der Waals surface area contributed by atoms with Crippen molar-refractivity contribution >= 4 is 16.0 Å². The molecule has 0 radical (unpaired) electrons. The maximum atomic E-state index is 12.6. The summed E-state index contributed by atoms with van der Waals surface area (Å²) in [6.45, 7) is 3.40. The molecule has 0 N–H and O–H groups in total. The molecule has 7 nitrogen and oxygen atoms in total. The maximum absolute atomic E-state index is 12.6. The smallest absolute Gasteiger partial charge is 0.321 e. The number of aryl methyl sites for hydroxylation is 2. The number of hydrogen-bond acceptors (Lipinski definition) is 5. The molecule has 8 heteroatoms. The molecular weight excluding hydrogens is 282 g/mol. The topological polar surface area (TPSA) is 81.5 Å². The second kappa shape index (κ2) is 5.53. The van der Waals surface area contributed by atoms with Crippen molar-refractivity contribution in [2.75, 3.05) is 13.2 Å². The zero-order valence-electron chi connectivity index (χ0n) is 11.9. The van der Waals surface area contributed by atoms with Crippen LogP contribution < -0.4 is 0 Å². The normalized spacial score (nSPS) is 15.6. The molecule has 1 fully saturated rings. The van der Waals surface area contributed by atoms with Gasteiger partial charge in [-0.3, -0.25) is 4.79 Å². The first kappa shape index (κ1) is 15.0. The SMILES string of the molecule is CCOC(=O)CN(C1CC1)S(=O)(=O)c1cn(C)c(C)n1. The molecule has 0 aliphatic heterocycles. The van der Waals surface area contributed by atoms with Gasteiger partial charge in [0.25, 0.3) is 10.0 Å². The molecule has 0 spiro atoms. The fraction of sp³-hybridized carbons (Fsp3) is 0.667. The van der Waals surface area contributed by atoms with Crippen molar-refractivity contribution in [1.82, 2.24) is 13.9 Å². The van der Waals surface area contributed by atoms with Gasteiger partial charge in [-0.2, -0.15) is 4.31 Å². The van der Waals surface area contributed by atoms with Gasteiger partial charge in [0.05, 0.1) is 6.61 Å². The van der Waals surface area contributed by atoms with Crippen LogP contribution >= 0.6 is 0 Å². The van der Waals surface area contributed by atoms with Crippen LogP contribution in [-0.2, 0) is 26.6 Å². The van der Waals surface area contributed by atoms with Crippen molar-refractivity contribution in [1.29, 1.82) is 0 Å². The van der Waals surface area contributed by atoms with Crippen LogP contribution in [0.3, 0.4) is 0 Å². The van der Waals surface area contributed by atoms with Crippen LogP contribution in [0.1, 0.15) is 25.6 Å². The van der Waals surface area contributed by atoms with Crippen LogP contribution in [0.25, 0.3) is 0 Å². The molecule has 1 heterocycles. The van der Waals surface area contributed by atoms with Crippen LogP contribution in [0.4, 0.5) is 0 Å². The number of esters is 1. The number of ether oxygens (including phenoxy) is 1. The average molecular weight is 301 g/mol. The maximum Gasteiger partial charge on any atom is 0.321 e. The number of hydrogen-bond donors (Lipinski definition) is 0. The van der Waals surface area contributed by atoms with E-state index < -0.39 is 16.0 Å². The molecule has 0 saturated heterocycles. The van der Waals surface area contributed by atoms with E-state index in [9.17, 15) is 13.2 Å². The van der Waals surface area contributed by atoms with E-state index in [1.807, 2.05) is 0 Å². The lowest BCUT2D eigenvalue weighted by Gasteiger charge is -2.19. The molecule has 0 aromatic carbocycles. The third-order valence-corrected chi connectivity index (χ3v) is 4.97. The number of carbonyl (C=O) groups is 1. The van der Waals surface area contributed by atoms with Gasteiger partial charge in [0.1, 0.15) is 12.4 Å². The lowest BCUT2D eigenvalue weighted by molar-refractivity contribution is -0.143. The molecule has 0 atom stereocenters. The summed E-state index contributed by atoms with van der Waals surface area (Å²) in [6.07, 6.45) is 3.00. The number of carbonyl (C=O) groups excluding carboxylic acids is 1. The Kier molecular flexibility index (Phi) is 4.14. The van der Waals surface area contributed by atoms with Crippen molar-refractivity contribution < 1.29 is 17.9 Å². The Bertz CT molecular complexity index is 585. The second-order valence-corrected chi connectivity index (χ2v) is 6.66. The van der Waals surface area contributed by atoms with Gasteiger partial charge in [-0.05, 0) is 26.7 Å². The minimum atomic E-state index is -3.75. The van der Waals surface area contributed by atoms with Crippen LogP contribution in [0.5, 0.6) is 0 Å². The van der Waals surface area contributed by atoms with Gasteiger partial charge in [-0.1, -0.05) is 0 Å². The number of imidazole rings is 1. The fourth-order valence-electron chi connectivity index (χ4n) is 1.88. The lowest BCUT2D eigenvalue weighted by Crippen LogP contribution is -2.38. The Balaban J connectivity index is 2.25. The molecule has 1 saturated carbocycles. The Morgan fingerprint density at radius 1 is 1.55 bits per heavy atom. The number of rotatable bonds is 6. The summed E-state index contributed by atoms with van der Waals surface area (Å²) in [5.41, 5.74) is 0. The molecule has 1 aliphatic rings. The molecule has 1 aromatic rings. The third-order valence-electron chi connectivity index (χ3n) is 3.20. The van der Waals surface area contributed by atoms with E-state index in [1.165, 1.54) is 10.5 Å². The molecular formula is C12H19N3O4S. The Morgan fingerprint density at radius 2 is 2.20 bits per heavy atom. The van der Waals surface area contributed by atoms with E-state index in [0.29, 0.717) is 5.82 Å². The van der Waals surface area contributed by atoms with Crippen LogP contribution in [0.2, 0.25) is 0 Å². The van der Waals surface area contributed by atoms with Gasteiger partial charge < -0.3 is 9.30 Å². The first-order chi connectivity index (χ1) is 9.36. The Hall–Kier alpha value is -1.41. The van der Waals surface area contributed by atoms with Crippen molar-refractivity contribution in [3.63, 3.8) is 0 Å². The molecule has 0 bridgehead atoms. The third kappa shape index (κ3) is 3.01. The summed E-state index contributed by atoms with van der Waals surface area (Å²) in [7, 11) is -2.02. The number of nitrogens with zero attached hydrogens (tertiary/aromatic N) is 3. The molecule has 20 heavy (non-hydrogen) atoms. The van der Waals surface area contributed by atoms with Gasteiger partial charge in [-0.25, -0.2) is 13.4 Å². The number of aromatic nitrogens is 2. The summed E-state index contributed by atoms with van der Waals surface area (Å²) in [4.78, 5) is 15.6. The molecule has 1 aromatic heterocycles. The van der Waals surface area contributed by atoms with E-state index in [4.69, 9.17) is 4.74 Å². The first-order valence-corrected chi connectivity index (χ1v) is 7.97. The summed E-state index contributed by atoms with van der Waals surface area (Å²) < 4.78 is 32.8. The first-order valence-electron chi connectivity index (χ1n) is 6.53. The summed E-state index contributed by atoms with van der Waals surface area (Å²) >= 11 is 0. The van der Waals surface area contributed by atoms with E-state index in [1.54, 1.807) is 25.5 Å². The van der Waals surface area contributed by atoms with Crippen LogP contribution in [-0.4, -0.2) is 47.4 Å². The van der Waals surface area contributed by atoms with Crippen molar-refractivity contribution in [2.45, 2.75) is 37.8 Å². The van der Waals surface area contributed by atoms with Crippen molar-refractivity contribution in [2.24, 2.45) is 7.05 Å². The lowest BCUT2D eigenvalue weighted by atomic mass is 10.6. The summed E-state index contributed by atoms with van der Waals surface area (Å²) in [6, 6.07) is -0.119. The minimum absolute atomic E-state index is 0.0197. The highest BCUT2D eigenvalue weighted by molar-refractivity contribution is 7.89. The Labute approximate surface area is 118 Å². The van der Waals surface area contributed by atoms with Gasteiger partial charge in [0.15, 0.2) is 5.03 Å². The van der Waals surface area contributed by atoms with E-state index in [2.05, 4.69) is 4.98 Å². The molecule has 1 aliphatic carbocycles. The molecule has 2 rings (SSSR count). The van der Waals surface area contributed by atoms with E-state index in [-0.39, 0.29) is 24.2 Å². The highest BCUT2D eigenvalue weighted by atomic mass is 32.2. The minimum Gasteiger partial charge on any atom is -0.465 e. The highest BCUT2D eigenvalue weighted by Gasteiger charge is 2.40. The highest BCUT2D eigenvalue weighted by Crippen LogP contribution is 2.31. The monoisotopic (exact) mass is 301 g/mol. The van der Waals surface area contributed by atoms with Crippen LogP contribution in [0.15, 0.2) is 11.2 Å². The zero-order chi connectivity index (χ0) is 14.9. The van der Waals surface area contributed by atoms with Crippen LogP contribution in [0, 0.1) is 6.92 Å². The van der Waals surface area contributed by atoms with E-state index >= 15 is 0 Å². The van der Waals surface area contributed by atoms with E-state index in [0.717, 1.165) is 12.8 Å². The Morgan fingerprint density at radius 3 is 2.65 bits per heavy atom. The average Bonchev–Trinajstić information content (AvgIpc) is 3.13.